The van der Waals surface area contributed by atoms with Crippen LogP contribution in [0.1, 0.15) is 25.0 Å². The average molecular weight is 176 g/mol. The molecule has 0 atom stereocenters. The third-order valence-electron chi connectivity index (χ3n) is 2.37. The summed E-state index contributed by atoms with van der Waals surface area (Å²) in [5.41, 5.74) is 6.08. The maximum Gasteiger partial charge on any atom is 0.164 e. The second-order valence-corrected chi connectivity index (χ2v) is 3.52. The van der Waals surface area contributed by atoms with Crippen molar-refractivity contribution in [1.82, 2.24) is 9.78 Å². The van der Waals surface area contributed by atoms with Gasteiger partial charge in [0.05, 0.1) is 0 Å². The van der Waals surface area contributed by atoms with Crippen LogP contribution in [0.2, 0.25) is 0 Å². The third-order valence-corrected chi connectivity index (χ3v) is 2.37. The number of rotatable bonds is 3. The first-order valence-electron chi connectivity index (χ1n) is 4.53. The van der Waals surface area contributed by atoms with Crippen LogP contribution < -0.4 is 5.73 Å². The summed E-state index contributed by atoms with van der Waals surface area (Å²) < 4.78 is 1.72. The van der Waals surface area contributed by atoms with Gasteiger partial charge in [-0.05, 0) is 12.3 Å². The van der Waals surface area contributed by atoms with E-state index in [1.54, 1.807) is 10.7 Å². The monoisotopic (exact) mass is 176 g/mol. The fraction of sp³-hybridized carbons (Fsp3) is 0.556. The van der Waals surface area contributed by atoms with Crippen molar-refractivity contribution in [2.45, 2.75) is 25.8 Å². The molecule has 0 aromatic carbocycles. The highest BCUT2D eigenvalue weighted by Crippen LogP contribution is 2.32. The number of hydrogen-bond donors (Lipinski definition) is 1. The van der Waals surface area contributed by atoms with Crippen LogP contribution in [-0.2, 0) is 6.54 Å². The molecule has 0 unspecified atom stereocenters. The number of hydrogen-bond acceptors (Lipinski definition) is 3. The van der Waals surface area contributed by atoms with Crippen molar-refractivity contribution in [3.63, 3.8) is 0 Å². The number of nitrogen functional groups attached to an aromatic ring is 1. The highest BCUT2D eigenvalue weighted by Gasteiger charge is 2.21. The molecule has 1 aliphatic rings. The third kappa shape index (κ3) is 1.81. The lowest BCUT2D eigenvalue weighted by molar-refractivity contribution is 0.552. The molecule has 1 saturated carbocycles. The molecular weight excluding hydrogens is 164 g/mol. The maximum absolute atomic E-state index is 8.58. The largest absolute Gasteiger partial charge is 0.384 e. The molecule has 0 bridgehead atoms. The predicted molar refractivity (Wildman–Crippen MR) is 48.7 cm³/mol. The van der Waals surface area contributed by atoms with Crippen molar-refractivity contribution >= 4 is 5.82 Å². The van der Waals surface area contributed by atoms with E-state index in [1.165, 1.54) is 12.8 Å². The van der Waals surface area contributed by atoms with Crippen LogP contribution in [-0.4, -0.2) is 9.78 Å². The van der Waals surface area contributed by atoms with Crippen molar-refractivity contribution in [1.29, 1.82) is 5.26 Å². The molecule has 4 heteroatoms. The van der Waals surface area contributed by atoms with E-state index in [2.05, 4.69) is 5.10 Å². The molecule has 0 aliphatic heterocycles. The summed E-state index contributed by atoms with van der Waals surface area (Å²) in [5.74, 6) is 1.46. The zero-order chi connectivity index (χ0) is 9.26. The Morgan fingerprint density at radius 1 is 1.69 bits per heavy atom. The summed E-state index contributed by atoms with van der Waals surface area (Å²) in [6.07, 6.45) is 3.81. The minimum atomic E-state index is 0.410. The quantitative estimate of drug-likeness (QED) is 0.750. The van der Waals surface area contributed by atoms with Gasteiger partial charge in [-0.1, -0.05) is 12.8 Å². The van der Waals surface area contributed by atoms with Crippen molar-refractivity contribution in [3.8, 4) is 6.07 Å². The van der Waals surface area contributed by atoms with E-state index in [1.807, 2.05) is 6.07 Å². The van der Waals surface area contributed by atoms with Crippen molar-refractivity contribution in [2.75, 3.05) is 5.73 Å². The van der Waals surface area contributed by atoms with Gasteiger partial charge in [0, 0.05) is 12.6 Å². The lowest BCUT2D eigenvalue weighted by atomic mass is 10.3. The van der Waals surface area contributed by atoms with Gasteiger partial charge in [0.25, 0.3) is 0 Å². The van der Waals surface area contributed by atoms with Gasteiger partial charge in [0.2, 0.25) is 0 Å². The maximum atomic E-state index is 8.58. The molecule has 1 fully saturated rings. The first kappa shape index (κ1) is 8.11. The number of nitrogens with zero attached hydrogens (tertiary/aromatic N) is 3. The van der Waals surface area contributed by atoms with Crippen LogP contribution in [0.15, 0.2) is 6.07 Å². The van der Waals surface area contributed by atoms with Gasteiger partial charge >= 0.3 is 0 Å². The minimum Gasteiger partial charge on any atom is -0.384 e. The smallest absolute Gasteiger partial charge is 0.164 e. The zero-order valence-electron chi connectivity index (χ0n) is 7.40. The van der Waals surface area contributed by atoms with Crippen molar-refractivity contribution in [3.05, 3.63) is 11.8 Å². The average Bonchev–Trinajstić information content (AvgIpc) is 2.88. The van der Waals surface area contributed by atoms with Gasteiger partial charge in [-0.3, -0.25) is 0 Å². The second-order valence-electron chi connectivity index (χ2n) is 3.52. The molecule has 0 spiro atoms. The van der Waals surface area contributed by atoms with Crippen molar-refractivity contribution in [2.24, 2.45) is 5.92 Å². The Morgan fingerprint density at radius 2 is 2.46 bits per heavy atom. The molecule has 0 saturated heterocycles. The molecule has 1 aromatic rings. The highest BCUT2D eigenvalue weighted by molar-refractivity contribution is 5.36. The summed E-state index contributed by atoms with van der Waals surface area (Å²) in [4.78, 5) is 0. The van der Waals surface area contributed by atoms with E-state index < -0.39 is 0 Å². The fourth-order valence-electron chi connectivity index (χ4n) is 1.38. The normalized spacial score (nSPS) is 15.6. The van der Waals surface area contributed by atoms with Gasteiger partial charge in [-0.15, -0.1) is 0 Å². The summed E-state index contributed by atoms with van der Waals surface area (Å²) in [7, 11) is 0. The Balaban J connectivity index is 2.01. The van der Waals surface area contributed by atoms with Crippen LogP contribution in [0, 0.1) is 17.2 Å². The topological polar surface area (TPSA) is 67.6 Å². The summed E-state index contributed by atoms with van der Waals surface area (Å²) in [5, 5.41) is 12.6. The Hall–Kier alpha value is -1.50. The molecule has 2 rings (SSSR count). The van der Waals surface area contributed by atoms with Gasteiger partial charge < -0.3 is 5.73 Å². The fourth-order valence-corrected chi connectivity index (χ4v) is 1.38. The molecule has 68 valence electrons. The van der Waals surface area contributed by atoms with Crippen LogP contribution in [0.4, 0.5) is 5.82 Å². The zero-order valence-corrected chi connectivity index (χ0v) is 7.40. The molecule has 0 radical (unpaired) electrons. The standard InChI is InChI=1S/C9H12N4/c10-6-8-5-9(11)13(12-8)4-3-7-1-2-7/h5,7H,1-4,11H2. The van der Waals surface area contributed by atoms with E-state index in [0.717, 1.165) is 18.9 Å². The van der Waals surface area contributed by atoms with Crippen LogP contribution >= 0.6 is 0 Å². The summed E-state index contributed by atoms with van der Waals surface area (Å²) in [6.45, 7) is 0.845. The number of aryl methyl sites for hydroxylation is 1. The van der Waals surface area contributed by atoms with Crippen LogP contribution in [0.3, 0.4) is 0 Å². The summed E-state index contributed by atoms with van der Waals surface area (Å²) >= 11 is 0. The van der Waals surface area contributed by atoms with Gasteiger partial charge in [0.1, 0.15) is 11.9 Å². The molecule has 0 amide bonds. The van der Waals surface area contributed by atoms with E-state index in [9.17, 15) is 0 Å². The molecule has 1 aromatic heterocycles. The van der Waals surface area contributed by atoms with E-state index in [-0.39, 0.29) is 0 Å². The number of aromatic nitrogens is 2. The predicted octanol–water partition coefficient (Wildman–Crippen LogP) is 1.14. The molecule has 4 nitrogen and oxygen atoms in total. The second kappa shape index (κ2) is 3.09. The Kier molecular flexibility index (Phi) is 1.93. The number of nitrogens with two attached hydrogens (primary N) is 1. The van der Waals surface area contributed by atoms with Crippen LogP contribution in [0.5, 0.6) is 0 Å². The van der Waals surface area contributed by atoms with E-state index >= 15 is 0 Å². The molecule has 13 heavy (non-hydrogen) atoms. The molecule has 1 heterocycles. The van der Waals surface area contributed by atoms with Gasteiger partial charge in [0.15, 0.2) is 5.69 Å². The SMILES string of the molecule is N#Cc1cc(N)n(CCC2CC2)n1. The molecule has 2 N–H and O–H groups in total. The lowest BCUT2D eigenvalue weighted by Crippen LogP contribution is -2.05. The highest BCUT2D eigenvalue weighted by atomic mass is 15.3. The van der Waals surface area contributed by atoms with Crippen LogP contribution in [0.25, 0.3) is 0 Å². The summed E-state index contributed by atoms with van der Waals surface area (Å²) in [6, 6.07) is 3.60. The van der Waals surface area contributed by atoms with Crippen molar-refractivity contribution < 1.29 is 0 Å². The lowest BCUT2D eigenvalue weighted by Gasteiger charge is -2.01. The van der Waals surface area contributed by atoms with E-state index in [0.29, 0.717) is 11.5 Å². The number of nitriles is 1. The molecular formula is C9H12N4. The first-order chi connectivity index (χ1) is 6.29. The Bertz CT molecular complexity index is 343. The number of anilines is 1. The van der Waals surface area contributed by atoms with Gasteiger partial charge in [-0.25, -0.2) is 4.68 Å². The minimum absolute atomic E-state index is 0.410. The molecule has 1 aliphatic carbocycles. The van der Waals surface area contributed by atoms with Gasteiger partial charge in [-0.2, -0.15) is 10.4 Å². The van der Waals surface area contributed by atoms with E-state index in [4.69, 9.17) is 11.0 Å². The Labute approximate surface area is 77.0 Å². The Morgan fingerprint density at radius 3 is 3.00 bits per heavy atom. The first-order valence-corrected chi connectivity index (χ1v) is 4.53.